The Morgan fingerprint density at radius 1 is 1.35 bits per heavy atom. The summed E-state index contributed by atoms with van der Waals surface area (Å²) in [6, 6.07) is 8.24. The Kier molecular flexibility index (Phi) is 4.37. The lowest BCUT2D eigenvalue weighted by Gasteiger charge is -2.26. The van der Waals surface area contributed by atoms with Crippen molar-refractivity contribution in [3.63, 3.8) is 0 Å². The van der Waals surface area contributed by atoms with E-state index in [9.17, 15) is 4.79 Å². The number of likely N-dealkylation sites (N-methyl/N-ethyl adjacent to an activating group) is 1. The number of fused-ring (bicyclic) bond motifs is 1. The smallest absolute Gasteiger partial charge is 0.409 e. The van der Waals surface area contributed by atoms with Gasteiger partial charge < -0.3 is 14.5 Å². The van der Waals surface area contributed by atoms with Crippen LogP contribution in [0.4, 0.5) is 10.5 Å². The van der Waals surface area contributed by atoms with E-state index in [1.165, 1.54) is 16.6 Å². The third kappa shape index (κ3) is 2.96. The van der Waals surface area contributed by atoms with Gasteiger partial charge in [0.25, 0.3) is 0 Å². The van der Waals surface area contributed by atoms with Gasteiger partial charge in [-0.2, -0.15) is 0 Å². The third-order valence-corrected chi connectivity index (χ3v) is 4.46. The number of benzene rings is 1. The number of anilines is 1. The first kappa shape index (κ1) is 15.6. The molecule has 0 spiro atoms. The number of ether oxygens (including phenoxy) is 1. The van der Waals surface area contributed by atoms with Crippen molar-refractivity contribution in [2.24, 2.45) is 0 Å². The van der Waals surface area contributed by atoms with E-state index in [1.54, 1.807) is 4.90 Å². The summed E-state index contributed by atoms with van der Waals surface area (Å²) in [6.45, 7) is 6.86. The second-order valence-electron chi connectivity index (χ2n) is 5.92. The number of hydrogen-bond donors (Lipinski definition) is 0. The topological polar surface area (TPSA) is 45.7 Å². The van der Waals surface area contributed by atoms with Crippen molar-refractivity contribution in [1.29, 1.82) is 0 Å². The van der Waals surface area contributed by atoms with Crippen molar-refractivity contribution < 1.29 is 9.53 Å². The summed E-state index contributed by atoms with van der Waals surface area (Å²) in [5, 5.41) is 1.17. The Labute approximate surface area is 136 Å². The van der Waals surface area contributed by atoms with E-state index in [-0.39, 0.29) is 6.09 Å². The number of hydrogen-bond acceptors (Lipinski definition) is 4. The number of para-hydroxylation sites is 1. The zero-order valence-corrected chi connectivity index (χ0v) is 14.0. The van der Waals surface area contributed by atoms with Crippen molar-refractivity contribution in [2.75, 3.05) is 38.2 Å². The van der Waals surface area contributed by atoms with Crippen LogP contribution in [0.15, 0.2) is 24.3 Å². The molecule has 0 aliphatic carbocycles. The summed E-state index contributed by atoms with van der Waals surface area (Å²) in [5.74, 6) is 0. The molecule has 0 atom stereocenters. The summed E-state index contributed by atoms with van der Waals surface area (Å²) in [4.78, 5) is 20.3. The van der Waals surface area contributed by atoms with Gasteiger partial charge in [0.2, 0.25) is 0 Å². The molecule has 0 unspecified atom stereocenters. The fraction of sp³-hybridized carbons (Fsp3) is 0.444. The van der Waals surface area contributed by atoms with Gasteiger partial charge in [0.1, 0.15) is 6.61 Å². The third-order valence-electron chi connectivity index (χ3n) is 4.46. The molecule has 1 aliphatic heterocycles. The van der Waals surface area contributed by atoms with Crippen LogP contribution in [0, 0.1) is 6.92 Å². The molecule has 0 bridgehead atoms. The van der Waals surface area contributed by atoms with Gasteiger partial charge in [0.05, 0.1) is 17.7 Å². The van der Waals surface area contributed by atoms with Gasteiger partial charge in [0.15, 0.2) is 0 Å². The lowest BCUT2D eigenvalue weighted by molar-refractivity contribution is 0.159. The molecule has 1 fully saturated rings. The lowest BCUT2D eigenvalue weighted by atomic mass is 10.0. The zero-order chi connectivity index (χ0) is 16.4. The fourth-order valence-corrected chi connectivity index (χ4v) is 3.22. The number of pyridine rings is 1. The summed E-state index contributed by atoms with van der Waals surface area (Å²) >= 11 is 0. The molecule has 23 heavy (non-hydrogen) atoms. The van der Waals surface area contributed by atoms with Crippen LogP contribution in [0.3, 0.4) is 0 Å². The fourth-order valence-electron chi connectivity index (χ4n) is 3.22. The van der Waals surface area contributed by atoms with Gasteiger partial charge >= 0.3 is 6.09 Å². The molecule has 0 saturated carbocycles. The van der Waals surface area contributed by atoms with Gasteiger partial charge in [-0.1, -0.05) is 25.1 Å². The quantitative estimate of drug-likeness (QED) is 0.851. The Morgan fingerprint density at radius 2 is 2.13 bits per heavy atom. The van der Waals surface area contributed by atoms with Gasteiger partial charge in [-0.05, 0) is 25.0 Å². The van der Waals surface area contributed by atoms with Crippen molar-refractivity contribution in [2.45, 2.75) is 20.3 Å². The number of amides is 1. The Balaban J connectivity index is 1.92. The highest BCUT2D eigenvalue weighted by molar-refractivity contribution is 5.93. The SMILES string of the molecule is CCc1c(C)nc2ccccc2c1N(C)CCN1CCOC1=O. The molecule has 5 nitrogen and oxygen atoms in total. The minimum Gasteiger partial charge on any atom is -0.448 e. The van der Waals surface area contributed by atoms with E-state index in [2.05, 4.69) is 37.9 Å². The molecule has 0 radical (unpaired) electrons. The first-order valence-electron chi connectivity index (χ1n) is 8.13. The Hall–Kier alpha value is -2.30. The molecule has 122 valence electrons. The van der Waals surface area contributed by atoms with E-state index in [0.717, 1.165) is 24.2 Å². The largest absolute Gasteiger partial charge is 0.448 e. The standard InChI is InChI=1S/C18H23N3O2/c1-4-14-13(2)19-16-8-6-5-7-15(16)17(14)20(3)9-10-21-11-12-23-18(21)22/h5-8H,4,9-12H2,1-3H3. The molecule has 1 aliphatic rings. The van der Waals surface area contributed by atoms with Crippen LogP contribution in [-0.4, -0.2) is 49.3 Å². The molecule has 1 aromatic heterocycles. The van der Waals surface area contributed by atoms with Gasteiger partial charge in [-0.3, -0.25) is 4.98 Å². The first-order valence-corrected chi connectivity index (χ1v) is 8.13. The molecule has 1 amide bonds. The predicted molar refractivity (Wildman–Crippen MR) is 92.0 cm³/mol. The monoisotopic (exact) mass is 313 g/mol. The molecule has 2 heterocycles. The van der Waals surface area contributed by atoms with Crippen LogP contribution >= 0.6 is 0 Å². The van der Waals surface area contributed by atoms with Crippen LogP contribution in [0.25, 0.3) is 10.9 Å². The number of nitrogens with zero attached hydrogens (tertiary/aromatic N) is 3. The molecular weight excluding hydrogens is 290 g/mol. The molecule has 5 heteroatoms. The zero-order valence-electron chi connectivity index (χ0n) is 14.0. The van der Waals surface area contributed by atoms with Crippen LogP contribution in [0.5, 0.6) is 0 Å². The molecule has 3 rings (SSSR count). The van der Waals surface area contributed by atoms with Gasteiger partial charge in [0, 0.05) is 31.2 Å². The van der Waals surface area contributed by atoms with Crippen molar-refractivity contribution >= 4 is 22.7 Å². The number of rotatable bonds is 5. The number of aryl methyl sites for hydroxylation is 1. The summed E-state index contributed by atoms with van der Waals surface area (Å²) < 4.78 is 5.00. The highest BCUT2D eigenvalue weighted by Crippen LogP contribution is 2.31. The van der Waals surface area contributed by atoms with E-state index >= 15 is 0 Å². The maximum atomic E-state index is 11.6. The van der Waals surface area contributed by atoms with Crippen molar-refractivity contribution in [1.82, 2.24) is 9.88 Å². The highest BCUT2D eigenvalue weighted by Gasteiger charge is 2.22. The summed E-state index contributed by atoms with van der Waals surface area (Å²) in [7, 11) is 2.09. The second-order valence-corrected chi connectivity index (χ2v) is 5.92. The average molecular weight is 313 g/mol. The van der Waals surface area contributed by atoms with Gasteiger partial charge in [-0.15, -0.1) is 0 Å². The van der Waals surface area contributed by atoms with Crippen molar-refractivity contribution in [3.05, 3.63) is 35.5 Å². The van der Waals surface area contributed by atoms with E-state index in [1.807, 2.05) is 12.1 Å². The summed E-state index contributed by atoms with van der Waals surface area (Å²) in [5.41, 5.74) is 4.59. The molecule has 1 aromatic carbocycles. The summed E-state index contributed by atoms with van der Waals surface area (Å²) in [6.07, 6.45) is 0.736. The molecular formula is C18H23N3O2. The minimum atomic E-state index is -0.204. The predicted octanol–water partition coefficient (Wildman–Crippen LogP) is 2.99. The Morgan fingerprint density at radius 3 is 2.83 bits per heavy atom. The van der Waals surface area contributed by atoms with Gasteiger partial charge in [-0.25, -0.2) is 4.79 Å². The van der Waals surface area contributed by atoms with Crippen molar-refractivity contribution in [3.8, 4) is 0 Å². The maximum Gasteiger partial charge on any atom is 0.409 e. The highest BCUT2D eigenvalue weighted by atomic mass is 16.6. The number of carbonyl (C=O) groups is 1. The van der Waals surface area contributed by atoms with E-state index < -0.39 is 0 Å². The van der Waals surface area contributed by atoms with Crippen LogP contribution in [0.2, 0.25) is 0 Å². The number of cyclic esters (lactones) is 1. The molecule has 0 N–H and O–H groups in total. The normalized spacial score (nSPS) is 14.4. The number of aromatic nitrogens is 1. The lowest BCUT2D eigenvalue weighted by Crippen LogP contribution is -2.34. The van der Waals surface area contributed by atoms with E-state index in [4.69, 9.17) is 9.72 Å². The maximum absolute atomic E-state index is 11.6. The van der Waals surface area contributed by atoms with E-state index in [0.29, 0.717) is 19.7 Å². The van der Waals surface area contributed by atoms with Crippen LogP contribution in [-0.2, 0) is 11.2 Å². The molecule has 1 saturated heterocycles. The average Bonchev–Trinajstić information content (AvgIpc) is 2.96. The minimum absolute atomic E-state index is 0.204. The van der Waals surface area contributed by atoms with Crippen LogP contribution < -0.4 is 4.90 Å². The van der Waals surface area contributed by atoms with Crippen LogP contribution in [0.1, 0.15) is 18.2 Å². The molecule has 2 aromatic rings. The first-order chi connectivity index (χ1) is 11.1. The Bertz CT molecular complexity index is 730. The number of carbonyl (C=O) groups excluding carboxylic acids is 1. The second kappa shape index (κ2) is 6.44.